The Bertz CT molecular complexity index is 799. The van der Waals surface area contributed by atoms with Gasteiger partial charge < -0.3 is 4.74 Å². The average Bonchev–Trinajstić information content (AvgIpc) is 2.87. The molecule has 0 saturated carbocycles. The fourth-order valence-corrected chi connectivity index (χ4v) is 1.78. The van der Waals surface area contributed by atoms with Gasteiger partial charge in [0.1, 0.15) is 6.33 Å². The Morgan fingerprint density at radius 2 is 2.15 bits per heavy atom. The van der Waals surface area contributed by atoms with Crippen LogP contribution in [0.3, 0.4) is 0 Å². The van der Waals surface area contributed by atoms with Crippen molar-refractivity contribution in [2.24, 2.45) is 0 Å². The number of hydrogen-bond acceptors (Lipinski definition) is 6. The molecular formula is C12H9N5O3. The predicted molar refractivity (Wildman–Crippen MR) is 68.7 cm³/mol. The number of rotatable bonds is 3. The van der Waals surface area contributed by atoms with Gasteiger partial charge in [-0.05, 0) is 13.0 Å². The molecule has 2 aromatic heterocycles. The third-order valence-electron chi connectivity index (χ3n) is 2.62. The minimum absolute atomic E-state index is 0.116. The lowest BCUT2D eigenvalue weighted by Crippen LogP contribution is -2.00. The summed E-state index contributed by atoms with van der Waals surface area (Å²) in [7, 11) is 0. The molecule has 0 aliphatic heterocycles. The van der Waals surface area contributed by atoms with Gasteiger partial charge in [-0.2, -0.15) is 14.6 Å². The second-order valence-corrected chi connectivity index (χ2v) is 4.03. The highest BCUT2D eigenvalue weighted by molar-refractivity contribution is 5.48. The monoisotopic (exact) mass is 271 g/mol. The molecule has 8 heteroatoms. The van der Waals surface area contributed by atoms with E-state index in [0.717, 1.165) is 0 Å². The van der Waals surface area contributed by atoms with Gasteiger partial charge in [-0.15, -0.1) is 0 Å². The van der Waals surface area contributed by atoms with Gasteiger partial charge in [-0.25, -0.2) is 4.98 Å². The number of fused-ring (bicyclic) bond motifs is 1. The fourth-order valence-electron chi connectivity index (χ4n) is 1.78. The van der Waals surface area contributed by atoms with Crippen LogP contribution in [0.15, 0.2) is 36.7 Å². The Hall–Kier alpha value is -3.03. The lowest BCUT2D eigenvalue weighted by atomic mass is 10.3. The summed E-state index contributed by atoms with van der Waals surface area (Å²) in [5.74, 6) is 0.831. The van der Waals surface area contributed by atoms with E-state index in [1.165, 1.54) is 23.0 Å². The Balaban J connectivity index is 2.10. The van der Waals surface area contributed by atoms with Crippen molar-refractivity contribution in [3.63, 3.8) is 0 Å². The second kappa shape index (κ2) is 4.57. The highest BCUT2D eigenvalue weighted by Crippen LogP contribution is 2.30. The first-order valence-electron chi connectivity index (χ1n) is 5.74. The van der Waals surface area contributed by atoms with Crippen LogP contribution in [-0.2, 0) is 0 Å². The maximum absolute atomic E-state index is 11.0. The number of para-hydroxylation sites is 2. The Morgan fingerprint density at radius 1 is 1.35 bits per heavy atom. The SMILES string of the molecule is Cc1cc(Oc2ccccc2[N+](=O)[O-])n2ncnc2n1. The van der Waals surface area contributed by atoms with Crippen LogP contribution in [0.2, 0.25) is 0 Å². The molecule has 100 valence electrons. The van der Waals surface area contributed by atoms with E-state index in [1.54, 1.807) is 25.1 Å². The van der Waals surface area contributed by atoms with Crippen molar-refractivity contribution in [2.75, 3.05) is 0 Å². The molecule has 0 spiro atoms. The number of hydrogen-bond donors (Lipinski definition) is 0. The van der Waals surface area contributed by atoms with E-state index < -0.39 is 4.92 Å². The van der Waals surface area contributed by atoms with Crippen molar-refractivity contribution in [1.29, 1.82) is 0 Å². The number of ether oxygens (including phenoxy) is 1. The topological polar surface area (TPSA) is 95.5 Å². The summed E-state index contributed by atoms with van der Waals surface area (Å²) < 4.78 is 6.98. The van der Waals surface area contributed by atoms with Crippen LogP contribution < -0.4 is 4.74 Å². The van der Waals surface area contributed by atoms with E-state index >= 15 is 0 Å². The first kappa shape index (κ1) is 12.0. The number of nitro groups is 1. The molecule has 1 aromatic carbocycles. The van der Waals surface area contributed by atoms with Crippen LogP contribution in [0.1, 0.15) is 5.69 Å². The van der Waals surface area contributed by atoms with Gasteiger partial charge in [-0.1, -0.05) is 12.1 Å². The van der Waals surface area contributed by atoms with Gasteiger partial charge in [0.25, 0.3) is 5.78 Å². The summed E-state index contributed by atoms with van der Waals surface area (Å²) in [4.78, 5) is 18.6. The number of nitrogens with zero attached hydrogens (tertiary/aromatic N) is 5. The van der Waals surface area contributed by atoms with Crippen molar-refractivity contribution in [1.82, 2.24) is 19.6 Å². The number of nitro benzene ring substituents is 1. The largest absolute Gasteiger partial charge is 0.432 e. The molecule has 0 amide bonds. The summed E-state index contributed by atoms with van der Waals surface area (Å²) in [5, 5.41) is 14.9. The lowest BCUT2D eigenvalue weighted by molar-refractivity contribution is -0.385. The van der Waals surface area contributed by atoms with Gasteiger partial charge >= 0.3 is 5.69 Å². The predicted octanol–water partition coefficient (Wildman–Crippen LogP) is 2.13. The molecule has 0 N–H and O–H groups in total. The molecule has 3 rings (SSSR count). The minimum atomic E-state index is -0.498. The van der Waals surface area contributed by atoms with Crippen molar-refractivity contribution < 1.29 is 9.66 Å². The van der Waals surface area contributed by atoms with Crippen molar-refractivity contribution in [3.05, 3.63) is 52.5 Å². The minimum Gasteiger partial charge on any atom is -0.432 e. The van der Waals surface area contributed by atoms with E-state index in [9.17, 15) is 10.1 Å². The zero-order valence-electron chi connectivity index (χ0n) is 10.4. The molecule has 0 aliphatic rings. The standard InChI is InChI=1S/C12H9N5O3/c1-8-6-11(16-12(15-8)13-7-14-16)20-10-5-3-2-4-9(10)17(18)19/h2-7H,1H3. The molecule has 3 aromatic rings. The van der Waals surface area contributed by atoms with Gasteiger partial charge in [0.2, 0.25) is 11.6 Å². The van der Waals surface area contributed by atoms with Crippen LogP contribution >= 0.6 is 0 Å². The van der Waals surface area contributed by atoms with E-state index in [0.29, 0.717) is 17.4 Å². The highest BCUT2D eigenvalue weighted by atomic mass is 16.6. The smallest absolute Gasteiger partial charge is 0.311 e. The third kappa shape index (κ3) is 2.03. The van der Waals surface area contributed by atoms with Gasteiger partial charge in [0.15, 0.2) is 0 Å². The van der Waals surface area contributed by atoms with Gasteiger partial charge in [0, 0.05) is 17.8 Å². The Kier molecular flexibility index (Phi) is 2.75. The van der Waals surface area contributed by atoms with E-state index in [-0.39, 0.29) is 11.4 Å². The van der Waals surface area contributed by atoms with Gasteiger partial charge in [-0.3, -0.25) is 10.1 Å². The van der Waals surface area contributed by atoms with Crippen LogP contribution in [0, 0.1) is 17.0 Å². The highest BCUT2D eigenvalue weighted by Gasteiger charge is 2.16. The molecule has 20 heavy (non-hydrogen) atoms. The average molecular weight is 271 g/mol. The molecule has 0 bridgehead atoms. The van der Waals surface area contributed by atoms with Crippen LogP contribution in [0.5, 0.6) is 11.6 Å². The quantitative estimate of drug-likeness (QED) is 0.535. The van der Waals surface area contributed by atoms with Crippen molar-refractivity contribution >= 4 is 11.5 Å². The molecule has 8 nitrogen and oxygen atoms in total. The molecule has 0 aliphatic carbocycles. The maximum Gasteiger partial charge on any atom is 0.311 e. The summed E-state index contributed by atoms with van der Waals surface area (Å²) in [5.41, 5.74) is 0.564. The molecule has 0 fully saturated rings. The second-order valence-electron chi connectivity index (χ2n) is 4.03. The van der Waals surface area contributed by atoms with Crippen molar-refractivity contribution in [3.8, 4) is 11.6 Å². The number of benzene rings is 1. The van der Waals surface area contributed by atoms with Gasteiger partial charge in [0.05, 0.1) is 4.92 Å². The molecule has 0 saturated heterocycles. The molecular weight excluding hydrogens is 262 g/mol. The molecule has 0 radical (unpaired) electrons. The normalized spacial score (nSPS) is 10.7. The maximum atomic E-state index is 11.0. The fraction of sp³-hybridized carbons (Fsp3) is 0.0833. The first-order valence-corrected chi connectivity index (χ1v) is 5.74. The zero-order chi connectivity index (χ0) is 14.1. The number of aryl methyl sites for hydroxylation is 1. The van der Waals surface area contributed by atoms with E-state index in [4.69, 9.17) is 4.74 Å². The van der Waals surface area contributed by atoms with E-state index in [2.05, 4.69) is 15.1 Å². The Labute approximate surface area is 112 Å². The van der Waals surface area contributed by atoms with Crippen LogP contribution in [0.25, 0.3) is 5.78 Å². The van der Waals surface area contributed by atoms with Crippen molar-refractivity contribution in [2.45, 2.75) is 6.92 Å². The number of aromatic nitrogens is 4. The summed E-state index contributed by atoms with van der Waals surface area (Å²) in [6.07, 6.45) is 1.34. The molecule has 0 unspecified atom stereocenters. The summed E-state index contributed by atoms with van der Waals surface area (Å²) in [6.45, 7) is 1.78. The summed E-state index contributed by atoms with van der Waals surface area (Å²) in [6, 6.07) is 7.78. The van der Waals surface area contributed by atoms with E-state index in [1.807, 2.05) is 0 Å². The summed E-state index contributed by atoms with van der Waals surface area (Å²) >= 11 is 0. The third-order valence-corrected chi connectivity index (χ3v) is 2.62. The first-order chi connectivity index (χ1) is 9.65. The van der Waals surface area contributed by atoms with Crippen LogP contribution in [-0.4, -0.2) is 24.5 Å². The molecule has 0 atom stereocenters. The Morgan fingerprint density at radius 3 is 2.95 bits per heavy atom. The molecule has 2 heterocycles. The van der Waals surface area contributed by atoms with Crippen LogP contribution in [0.4, 0.5) is 5.69 Å². The zero-order valence-corrected chi connectivity index (χ0v) is 10.4. The lowest BCUT2D eigenvalue weighted by Gasteiger charge is -2.07.